The van der Waals surface area contributed by atoms with Crippen molar-refractivity contribution < 1.29 is 19.1 Å². The van der Waals surface area contributed by atoms with E-state index < -0.39 is 23.8 Å². The molecule has 0 aromatic heterocycles. The number of nitrogens with one attached hydrogen (secondary N) is 1. The van der Waals surface area contributed by atoms with Crippen LogP contribution < -0.4 is 10.1 Å². The third kappa shape index (κ3) is 4.06. The number of benzene rings is 2. The second-order valence-electron chi connectivity index (χ2n) is 6.74. The van der Waals surface area contributed by atoms with Gasteiger partial charge < -0.3 is 10.1 Å². The minimum atomic E-state index is -0.888. The van der Waals surface area contributed by atoms with Gasteiger partial charge >= 0.3 is 0 Å². The maximum absolute atomic E-state index is 12.4. The molecule has 0 saturated carbocycles. The second-order valence-corrected chi connectivity index (χ2v) is 6.74. The molecule has 0 radical (unpaired) electrons. The van der Waals surface area contributed by atoms with Gasteiger partial charge in [0.15, 0.2) is 0 Å². The largest absolute Gasteiger partial charge is 0.492 e. The van der Waals surface area contributed by atoms with Gasteiger partial charge in [0.1, 0.15) is 18.4 Å². The number of rotatable bonds is 8. The van der Waals surface area contributed by atoms with Crippen LogP contribution in [0.15, 0.2) is 48.5 Å². The SMILES string of the molecule is CCCc1ccc(OCCNC(=O)C(C)N2C(=O)c3ccccc3C2=O)cc1. The highest BCUT2D eigenvalue weighted by molar-refractivity contribution is 6.22. The molecule has 0 bridgehead atoms. The molecule has 1 heterocycles. The number of amides is 3. The molecule has 1 aliphatic heterocycles. The van der Waals surface area contributed by atoms with Gasteiger partial charge in [-0.2, -0.15) is 0 Å². The molecule has 6 heteroatoms. The monoisotopic (exact) mass is 380 g/mol. The van der Waals surface area contributed by atoms with Gasteiger partial charge in [0.25, 0.3) is 11.8 Å². The highest BCUT2D eigenvalue weighted by Gasteiger charge is 2.40. The molecule has 1 unspecified atom stereocenters. The molecule has 0 fully saturated rings. The number of ether oxygens (including phenoxy) is 1. The molecule has 3 rings (SSSR count). The van der Waals surface area contributed by atoms with Crippen molar-refractivity contribution in [2.45, 2.75) is 32.7 Å². The van der Waals surface area contributed by atoms with Crippen LogP contribution in [0.25, 0.3) is 0 Å². The van der Waals surface area contributed by atoms with Gasteiger partial charge in [-0.05, 0) is 43.2 Å². The summed E-state index contributed by atoms with van der Waals surface area (Å²) in [5.41, 5.74) is 1.93. The number of fused-ring (bicyclic) bond motifs is 1. The third-order valence-corrected chi connectivity index (χ3v) is 4.72. The maximum atomic E-state index is 12.4. The van der Waals surface area contributed by atoms with Crippen molar-refractivity contribution in [1.82, 2.24) is 10.2 Å². The molecule has 1 atom stereocenters. The first-order valence-corrected chi connectivity index (χ1v) is 9.49. The van der Waals surface area contributed by atoms with Crippen molar-refractivity contribution in [2.75, 3.05) is 13.2 Å². The van der Waals surface area contributed by atoms with Gasteiger partial charge in [-0.25, -0.2) is 0 Å². The zero-order chi connectivity index (χ0) is 20.1. The van der Waals surface area contributed by atoms with Gasteiger partial charge in [-0.1, -0.05) is 37.6 Å². The minimum Gasteiger partial charge on any atom is -0.492 e. The zero-order valence-electron chi connectivity index (χ0n) is 16.1. The lowest BCUT2D eigenvalue weighted by molar-refractivity contribution is -0.124. The van der Waals surface area contributed by atoms with Crippen LogP contribution >= 0.6 is 0 Å². The van der Waals surface area contributed by atoms with E-state index in [2.05, 4.69) is 12.2 Å². The Morgan fingerprint density at radius 2 is 1.64 bits per heavy atom. The summed E-state index contributed by atoms with van der Waals surface area (Å²) in [4.78, 5) is 38.3. The van der Waals surface area contributed by atoms with Crippen molar-refractivity contribution in [3.05, 3.63) is 65.2 Å². The third-order valence-electron chi connectivity index (χ3n) is 4.72. The molecule has 1 N–H and O–H groups in total. The summed E-state index contributed by atoms with van der Waals surface area (Å²) >= 11 is 0. The fourth-order valence-electron chi connectivity index (χ4n) is 3.21. The van der Waals surface area contributed by atoms with Crippen LogP contribution in [0.4, 0.5) is 0 Å². The Bertz CT molecular complexity index is 841. The van der Waals surface area contributed by atoms with Crippen molar-refractivity contribution in [3.8, 4) is 5.75 Å². The summed E-state index contributed by atoms with van der Waals surface area (Å²) in [5.74, 6) is -0.530. The summed E-state index contributed by atoms with van der Waals surface area (Å²) in [6, 6.07) is 13.6. The number of carbonyl (C=O) groups is 3. The fourth-order valence-corrected chi connectivity index (χ4v) is 3.21. The van der Waals surface area contributed by atoms with Crippen molar-refractivity contribution in [2.24, 2.45) is 0 Å². The predicted octanol–water partition coefficient (Wildman–Crippen LogP) is 2.82. The average Bonchev–Trinajstić information content (AvgIpc) is 2.97. The average molecular weight is 380 g/mol. The predicted molar refractivity (Wildman–Crippen MR) is 105 cm³/mol. The van der Waals surface area contributed by atoms with Crippen LogP contribution in [-0.2, 0) is 11.2 Å². The molecule has 0 spiro atoms. The molecule has 0 saturated heterocycles. The lowest BCUT2D eigenvalue weighted by Gasteiger charge is -2.21. The van der Waals surface area contributed by atoms with E-state index >= 15 is 0 Å². The smallest absolute Gasteiger partial charge is 0.262 e. The van der Waals surface area contributed by atoms with Crippen LogP contribution in [0.2, 0.25) is 0 Å². The van der Waals surface area contributed by atoms with E-state index in [-0.39, 0.29) is 6.54 Å². The Morgan fingerprint density at radius 3 is 2.21 bits per heavy atom. The second kappa shape index (κ2) is 8.69. The topological polar surface area (TPSA) is 75.7 Å². The molecule has 1 aliphatic rings. The van der Waals surface area contributed by atoms with Crippen LogP contribution in [0, 0.1) is 0 Å². The molecule has 3 amide bonds. The summed E-state index contributed by atoms with van der Waals surface area (Å²) in [5, 5.41) is 2.72. The number of hydrogen-bond donors (Lipinski definition) is 1. The van der Waals surface area contributed by atoms with E-state index in [1.54, 1.807) is 31.2 Å². The van der Waals surface area contributed by atoms with Gasteiger partial charge in [-0.3, -0.25) is 19.3 Å². The van der Waals surface area contributed by atoms with Crippen molar-refractivity contribution >= 4 is 17.7 Å². The van der Waals surface area contributed by atoms with E-state index in [0.29, 0.717) is 17.7 Å². The quantitative estimate of drug-likeness (QED) is 0.564. The molecule has 2 aromatic carbocycles. The first-order valence-electron chi connectivity index (χ1n) is 9.49. The van der Waals surface area contributed by atoms with E-state index in [4.69, 9.17) is 4.74 Å². The summed E-state index contributed by atoms with van der Waals surface area (Å²) in [6.45, 7) is 4.26. The fraction of sp³-hybridized carbons (Fsp3) is 0.318. The first-order chi connectivity index (χ1) is 13.5. The minimum absolute atomic E-state index is 0.281. The van der Waals surface area contributed by atoms with Gasteiger partial charge in [0.05, 0.1) is 17.7 Å². The van der Waals surface area contributed by atoms with E-state index in [0.717, 1.165) is 23.5 Å². The standard InChI is InChI=1S/C22H24N2O4/c1-3-6-16-9-11-17(12-10-16)28-14-13-23-20(25)15(2)24-21(26)18-7-4-5-8-19(18)22(24)27/h4-5,7-12,15H,3,6,13-14H2,1-2H3,(H,23,25). The molecule has 0 aliphatic carbocycles. The molecule has 2 aromatic rings. The lowest BCUT2D eigenvalue weighted by atomic mass is 10.1. The molecule has 6 nitrogen and oxygen atoms in total. The highest BCUT2D eigenvalue weighted by atomic mass is 16.5. The molecular weight excluding hydrogens is 356 g/mol. The summed E-state index contributed by atoms with van der Waals surface area (Å²) in [7, 11) is 0. The Hall–Kier alpha value is -3.15. The van der Waals surface area contributed by atoms with Crippen LogP contribution in [0.1, 0.15) is 46.5 Å². The molecule has 146 valence electrons. The maximum Gasteiger partial charge on any atom is 0.262 e. The van der Waals surface area contributed by atoms with E-state index in [9.17, 15) is 14.4 Å². The number of nitrogens with zero attached hydrogens (tertiary/aromatic N) is 1. The van der Waals surface area contributed by atoms with Crippen molar-refractivity contribution in [1.29, 1.82) is 0 Å². The van der Waals surface area contributed by atoms with Crippen LogP contribution in [-0.4, -0.2) is 41.8 Å². The van der Waals surface area contributed by atoms with Gasteiger partial charge in [0, 0.05) is 0 Å². The van der Waals surface area contributed by atoms with Gasteiger partial charge in [-0.15, -0.1) is 0 Å². The molecular formula is C22H24N2O4. The van der Waals surface area contributed by atoms with Gasteiger partial charge in [0.2, 0.25) is 5.91 Å². The zero-order valence-corrected chi connectivity index (χ0v) is 16.1. The lowest BCUT2D eigenvalue weighted by Crippen LogP contribution is -2.48. The number of aryl methyl sites for hydroxylation is 1. The van der Waals surface area contributed by atoms with Crippen LogP contribution in [0.3, 0.4) is 0 Å². The highest BCUT2D eigenvalue weighted by Crippen LogP contribution is 2.24. The Labute approximate surface area is 164 Å². The van der Waals surface area contributed by atoms with E-state index in [1.165, 1.54) is 5.56 Å². The summed E-state index contributed by atoms with van der Waals surface area (Å²) in [6.07, 6.45) is 2.13. The van der Waals surface area contributed by atoms with E-state index in [1.807, 2.05) is 24.3 Å². The van der Waals surface area contributed by atoms with Crippen molar-refractivity contribution in [3.63, 3.8) is 0 Å². The first kappa shape index (κ1) is 19.6. The van der Waals surface area contributed by atoms with Crippen LogP contribution in [0.5, 0.6) is 5.75 Å². The summed E-state index contributed by atoms with van der Waals surface area (Å²) < 4.78 is 5.63. The molecule has 28 heavy (non-hydrogen) atoms. The number of imide groups is 1. The Kier molecular flexibility index (Phi) is 6.09. The number of hydrogen-bond acceptors (Lipinski definition) is 4. The Morgan fingerprint density at radius 1 is 1.04 bits per heavy atom. The number of carbonyl (C=O) groups excluding carboxylic acids is 3. The Balaban J connectivity index is 1.49. The normalized spacial score (nSPS) is 14.0.